The van der Waals surface area contributed by atoms with Crippen molar-refractivity contribution in [2.75, 3.05) is 12.3 Å². The molecule has 1 amide bonds. The number of benzene rings is 1. The number of thioether (sulfide) groups is 1. The number of thiophene rings is 1. The summed E-state index contributed by atoms with van der Waals surface area (Å²) >= 11 is 3.09. The van der Waals surface area contributed by atoms with E-state index in [0.29, 0.717) is 34.8 Å². The summed E-state index contributed by atoms with van der Waals surface area (Å²) in [4.78, 5) is 16.2. The summed E-state index contributed by atoms with van der Waals surface area (Å²) in [5, 5.41) is 11.3. The Balaban J connectivity index is 1.52. The molecule has 158 valence electrons. The Hall–Kier alpha value is -2.19. The zero-order valence-corrected chi connectivity index (χ0v) is 18.8. The summed E-state index contributed by atoms with van der Waals surface area (Å²) in [6.07, 6.45) is 2.04. The SMILES string of the molecule is CC(C)Cn1c(SCC(=O)N2CCCC2c2cccs2)nnc1-c1ccccc1F. The molecule has 1 aromatic carbocycles. The Labute approximate surface area is 184 Å². The molecule has 30 heavy (non-hydrogen) atoms. The van der Waals surface area contributed by atoms with E-state index in [4.69, 9.17) is 0 Å². The van der Waals surface area contributed by atoms with Crippen molar-refractivity contribution in [2.24, 2.45) is 5.92 Å². The van der Waals surface area contributed by atoms with Crippen molar-refractivity contribution >= 4 is 29.0 Å². The van der Waals surface area contributed by atoms with Crippen molar-refractivity contribution in [3.63, 3.8) is 0 Å². The number of carbonyl (C=O) groups is 1. The summed E-state index contributed by atoms with van der Waals surface area (Å²) in [5.74, 6) is 0.939. The lowest BCUT2D eigenvalue weighted by atomic mass is 10.2. The molecule has 0 spiro atoms. The van der Waals surface area contributed by atoms with Gasteiger partial charge in [-0.05, 0) is 42.3 Å². The van der Waals surface area contributed by atoms with Crippen molar-refractivity contribution in [3.05, 3.63) is 52.5 Å². The van der Waals surface area contributed by atoms with Crippen LogP contribution in [0.1, 0.15) is 37.6 Å². The van der Waals surface area contributed by atoms with Gasteiger partial charge in [-0.1, -0.05) is 43.8 Å². The van der Waals surface area contributed by atoms with Gasteiger partial charge in [-0.15, -0.1) is 21.5 Å². The highest BCUT2D eigenvalue weighted by Crippen LogP contribution is 2.35. The van der Waals surface area contributed by atoms with Gasteiger partial charge in [0, 0.05) is 18.0 Å². The number of carbonyl (C=O) groups excluding carboxylic acids is 1. The monoisotopic (exact) mass is 444 g/mol. The molecule has 3 aromatic rings. The Morgan fingerprint density at radius 1 is 1.27 bits per heavy atom. The van der Waals surface area contributed by atoms with Crippen LogP contribution in [0.3, 0.4) is 0 Å². The third-order valence-corrected chi connectivity index (χ3v) is 7.07. The number of amides is 1. The standard InChI is InChI=1S/C22H25FN4OS2/c1-15(2)13-27-21(16-7-3-4-8-17(16)23)24-25-22(27)30-14-20(28)26-11-5-9-18(26)19-10-6-12-29-19/h3-4,6-8,10,12,15,18H,5,9,11,13-14H2,1-2H3. The predicted molar refractivity (Wildman–Crippen MR) is 119 cm³/mol. The molecular weight excluding hydrogens is 419 g/mol. The fourth-order valence-electron chi connectivity index (χ4n) is 3.82. The van der Waals surface area contributed by atoms with Crippen LogP contribution in [0.5, 0.6) is 0 Å². The van der Waals surface area contributed by atoms with Crippen LogP contribution in [-0.4, -0.2) is 37.9 Å². The molecule has 2 aromatic heterocycles. The molecule has 1 aliphatic rings. The van der Waals surface area contributed by atoms with Crippen molar-refractivity contribution in [3.8, 4) is 11.4 Å². The number of rotatable bonds is 7. The third kappa shape index (κ3) is 4.44. The zero-order valence-electron chi connectivity index (χ0n) is 17.1. The highest BCUT2D eigenvalue weighted by atomic mass is 32.2. The van der Waals surface area contributed by atoms with Crippen LogP contribution < -0.4 is 0 Å². The normalized spacial score (nSPS) is 16.5. The molecule has 1 saturated heterocycles. The largest absolute Gasteiger partial charge is 0.334 e. The van der Waals surface area contributed by atoms with E-state index in [0.717, 1.165) is 19.4 Å². The van der Waals surface area contributed by atoms with Gasteiger partial charge in [-0.2, -0.15) is 0 Å². The van der Waals surface area contributed by atoms with Crippen LogP contribution in [0.4, 0.5) is 4.39 Å². The van der Waals surface area contributed by atoms with Gasteiger partial charge >= 0.3 is 0 Å². The predicted octanol–water partition coefficient (Wildman–Crippen LogP) is 5.26. The lowest BCUT2D eigenvalue weighted by Gasteiger charge is -2.23. The van der Waals surface area contributed by atoms with Gasteiger partial charge in [-0.25, -0.2) is 4.39 Å². The first-order valence-electron chi connectivity index (χ1n) is 10.2. The average Bonchev–Trinajstić information content (AvgIpc) is 3.47. The van der Waals surface area contributed by atoms with Gasteiger partial charge in [0.25, 0.3) is 0 Å². The minimum Gasteiger partial charge on any atom is -0.334 e. The first kappa shape index (κ1) is 21.1. The van der Waals surface area contributed by atoms with E-state index >= 15 is 0 Å². The Kier molecular flexibility index (Phi) is 6.53. The molecule has 0 N–H and O–H groups in total. The van der Waals surface area contributed by atoms with Crippen LogP contribution in [0.25, 0.3) is 11.4 Å². The third-order valence-electron chi connectivity index (χ3n) is 5.15. The van der Waals surface area contributed by atoms with E-state index in [2.05, 4.69) is 35.5 Å². The Morgan fingerprint density at radius 2 is 2.10 bits per heavy atom. The molecule has 8 heteroatoms. The first-order chi connectivity index (χ1) is 14.5. The summed E-state index contributed by atoms with van der Waals surface area (Å²) in [7, 11) is 0. The summed E-state index contributed by atoms with van der Waals surface area (Å²) in [6, 6.07) is 10.9. The zero-order chi connectivity index (χ0) is 21.1. The molecule has 0 saturated carbocycles. The minimum absolute atomic E-state index is 0.113. The summed E-state index contributed by atoms with van der Waals surface area (Å²) in [6.45, 7) is 5.65. The second kappa shape index (κ2) is 9.31. The molecular formula is C22H25FN4OS2. The van der Waals surface area contributed by atoms with Crippen molar-refractivity contribution in [1.82, 2.24) is 19.7 Å². The van der Waals surface area contributed by atoms with Gasteiger partial charge in [0.1, 0.15) is 5.82 Å². The van der Waals surface area contributed by atoms with Crippen molar-refractivity contribution in [1.29, 1.82) is 0 Å². The lowest BCUT2D eigenvalue weighted by molar-refractivity contribution is -0.129. The molecule has 3 heterocycles. The van der Waals surface area contributed by atoms with Gasteiger partial charge < -0.3 is 9.47 Å². The quantitative estimate of drug-likeness (QED) is 0.467. The van der Waals surface area contributed by atoms with E-state index in [1.807, 2.05) is 15.5 Å². The average molecular weight is 445 g/mol. The number of likely N-dealkylation sites (tertiary alicyclic amines) is 1. The molecule has 5 nitrogen and oxygen atoms in total. The van der Waals surface area contributed by atoms with Crippen LogP contribution in [0.2, 0.25) is 0 Å². The molecule has 4 rings (SSSR count). The number of halogens is 1. The minimum atomic E-state index is -0.321. The van der Waals surface area contributed by atoms with E-state index in [9.17, 15) is 9.18 Å². The van der Waals surface area contributed by atoms with E-state index in [-0.39, 0.29) is 17.8 Å². The van der Waals surface area contributed by atoms with Crippen molar-refractivity contribution < 1.29 is 9.18 Å². The van der Waals surface area contributed by atoms with Crippen LogP contribution in [0.15, 0.2) is 46.9 Å². The maximum atomic E-state index is 14.4. The van der Waals surface area contributed by atoms with Crippen LogP contribution in [-0.2, 0) is 11.3 Å². The fourth-order valence-corrected chi connectivity index (χ4v) is 5.53. The highest BCUT2D eigenvalue weighted by molar-refractivity contribution is 7.99. The van der Waals surface area contributed by atoms with Gasteiger partial charge in [-0.3, -0.25) is 4.79 Å². The summed E-state index contributed by atoms with van der Waals surface area (Å²) < 4.78 is 16.3. The highest BCUT2D eigenvalue weighted by Gasteiger charge is 2.30. The van der Waals surface area contributed by atoms with Gasteiger partial charge in [0.2, 0.25) is 5.91 Å². The second-order valence-electron chi connectivity index (χ2n) is 7.84. The topological polar surface area (TPSA) is 51.0 Å². The van der Waals surface area contributed by atoms with E-state index < -0.39 is 0 Å². The van der Waals surface area contributed by atoms with Crippen molar-refractivity contribution in [2.45, 2.75) is 44.4 Å². The number of nitrogens with zero attached hydrogens (tertiary/aromatic N) is 4. The van der Waals surface area contributed by atoms with Gasteiger partial charge in [0.15, 0.2) is 11.0 Å². The van der Waals surface area contributed by atoms with Crippen LogP contribution >= 0.6 is 23.1 Å². The Bertz CT molecular complexity index is 1000. The first-order valence-corrected chi connectivity index (χ1v) is 12.0. The maximum Gasteiger partial charge on any atom is 0.233 e. The molecule has 0 radical (unpaired) electrons. The molecule has 1 aliphatic heterocycles. The maximum absolute atomic E-state index is 14.4. The molecule has 1 unspecified atom stereocenters. The van der Waals surface area contributed by atoms with Gasteiger partial charge in [0.05, 0.1) is 17.4 Å². The molecule has 0 bridgehead atoms. The second-order valence-corrected chi connectivity index (χ2v) is 9.76. The smallest absolute Gasteiger partial charge is 0.233 e. The summed E-state index contributed by atoms with van der Waals surface area (Å²) in [5.41, 5.74) is 0.432. The fraction of sp³-hybridized carbons (Fsp3) is 0.409. The van der Waals surface area contributed by atoms with E-state index in [1.54, 1.807) is 29.5 Å². The Morgan fingerprint density at radius 3 is 2.83 bits per heavy atom. The number of hydrogen-bond donors (Lipinski definition) is 0. The lowest BCUT2D eigenvalue weighted by Crippen LogP contribution is -2.31. The van der Waals surface area contributed by atoms with Crippen LogP contribution in [0, 0.1) is 11.7 Å². The molecule has 0 aliphatic carbocycles. The number of hydrogen-bond acceptors (Lipinski definition) is 5. The molecule has 1 fully saturated rings. The number of aromatic nitrogens is 3. The molecule has 1 atom stereocenters. The van der Waals surface area contributed by atoms with E-state index in [1.165, 1.54) is 22.7 Å².